The molecule has 0 radical (unpaired) electrons. The van der Waals surface area contributed by atoms with Gasteiger partial charge in [-0.3, -0.25) is 0 Å². The number of allylic oxidation sites excluding steroid dienone is 8. The van der Waals surface area contributed by atoms with Gasteiger partial charge in [0.05, 0.1) is 0 Å². The minimum Gasteiger partial charge on any atom is -1.00 e. The Bertz CT molecular complexity index is 894. The Balaban J connectivity index is 0.000000569. The van der Waals surface area contributed by atoms with Crippen LogP contribution in [0, 0.1) is 12.2 Å². The molecule has 172 valence electrons. The minimum absolute atomic E-state index is 0. The summed E-state index contributed by atoms with van der Waals surface area (Å²) in [6.07, 6.45) is 17.2. The van der Waals surface area contributed by atoms with Crippen LogP contribution < -0.4 is 24.8 Å². The van der Waals surface area contributed by atoms with Crippen molar-refractivity contribution in [3.05, 3.63) is 107 Å². The van der Waals surface area contributed by atoms with Crippen LogP contribution in [-0.2, 0) is 36.7 Å². The molecular formula is C30H34Cl2Hf. The Labute approximate surface area is 233 Å². The van der Waals surface area contributed by atoms with Crippen LogP contribution in [0.3, 0.4) is 0 Å². The second-order valence-electron chi connectivity index (χ2n) is 10.0. The summed E-state index contributed by atoms with van der Waals surface area (Å²) in [5.74, 6) is 0. The van der Waals surface area contributed by atoms with Crippen molar-refractivity contribution in [2.45, 2.75) is 65.2 Å². The first kappa shape index (κ1) is 31.9. The van der Waals surface area contributed by atoms with Crippen molar-refractivity contribution in [1.29, 1.82) is 0 Å². The third-order valence-electron chi connectivity index (χ3n) is 5.51. The molecule has 0 spiro atoms. The molecule has 3 heteroatoms. The molecule has 0 bridgehead atoms. The molecule has 2 aliphatic rings. The van der Waals surface area contributed by atoms with Crippen molar-refractivity contribution in [3.8, 4) is 0 Å². The van der Waals surface area contributed by atoms with E-state index in [1.165, 1.54) is 33.4 Å². The zero-order valence-electron chi connectivity index (χ0n) is 20.6. The number of halogens is 2. The summed E-state index contributed by atoms with van der Waals surface area (Å²) >= 11 is 0. The zero-order valence-corrected chi connectivity index (χ0v) is 25.7. The van der Waals surface area contributed by atoms with Gasteiger partial charge in [-0.2, -0.15) is 35.5 Å². The number of hydrogen-bond acceptors (Lipinski definition) is 0. The van der Waals surface area contributed by atoms with Gasteiger partial charge in [0, 0.05) is 0 Å². The number of hydrogen-bond donors (Lipinski definition) is 0. The second-order valence-corrected chi connectivity index (χ2v) is 10.0. The van der Waals surface area contributed by atoms with Gasteiger partial charge in [-0.25, -0.2) is 0 Å². The Morgan fingerprint density at radius 2 is 0.848 bits per heavy atom. The molecule has 2 aliphatic carbocycles. The van der Waals surface area contributed by atoms with Crippen molar-refractivity contribution < 1.29 is 50.7 Å². The van der Waals surface area contributed by atoms with Crippen molar-refractivity contribution in [3.63, 3.8) is 0 Å². The van der Waals surface area contributed by atoms with Crippen molar-refractivity contribution in [1.82, 2.24) is 0 Å². The van der Waals surface area contributed by atoms with E-state index in [1.54, 1.807) is 0 Å². The predicted octanol–water partition coefficient (Wildman–Crippen LogP) is 2.27. The molecule has 2 aromatic rings. The van der Waals surface area contributed by atoms with Gasteiger partial charge in [0.25, 0.3) is 0 Å². The van der Waals surface area contributed by atoms with E-state index in [-0.39, 0.29) is 61.5 Å². The maximum Gasteiger partial charge on any atom is 4.00 e. The molecule has 0 atom stereocenters. The fourth-order valence-electron chi connectivity index (χ4n) is 3.51. The van der Waals surface area contributed by atoms with Gasteiger partial charge < -0.3 is 24.8 Å². The van der Waals surface area contributed by atoms with E-state index in [0.29, 0.717) is 0 Å². The van der Waals surface area contributed by atoms with E-state index >= 15 is 0 Å². The second kappa shape index (κ2) is 13.7. The van der Waals surface area contributed by atoms with Gasteiger partial charge in [0.1, 0.15) is 0 Å². The topological polar surface area (TPSA) is 0 Å². The Hall–Kier alpha value is -1.15. The summed E-state index contributed by atoms with van der Waals surface area (Å²) in [6.45, 7) is 13.4. The van der Waals surface area contributed by atoms with Gasteiger partial charge in [-0.15, -0.1) is 47.5 Å². The zero-order chi connectivity index (χ0) is 21.8. The molecule has 0 fully saturated rings. The van der Waals surface area contributed by atoms with Gasteiger partial charge in [-0.05, 0) is 22.0 Å². The molecule has 0 nitrogen and oxygen atoms in total. The summed E-state index contributed by atoms with van der Waals surface area (Å²) in [7, 11) is 0. The molecule has 0 saturated heterocycles. The molecule has 0 heterocycles. The van der Waals surface area contributed by atoms with E-state index < -0.39 is 0 Å². The Morgan fingerprint density at radius 1 is 0.545 bits per heavy atom. The molecule has 0 N–H and O–H groups in total. The summed E-state index contributed by atoms with van der Waals surface area (Å²) in [5, 5.41) is 0. The smallest absolute Gasteiger partial charge is 1.00 e. The maximum atomic E-state index is 3.34. The quantitative estimate of drug-likeness (QED) is 0.348. The third-order valence-corrected chi connectivity index (χ3v) is 5.51. The van der Waals surface area contributed by atoms with Crippen molar-refractivity contribution >= 4 is 11.1 Å². The van der Waals surface area contributed by atoms with E-state index in [9.17, 15) is 0 Å². The normalized spacial score (nSPS) is 14.1. The Kier molecular flexibility index (Phi) is 13.2. The van der Waals surface area contributed by atoms with Crippen LogP contribution in [0.25, 0.3) is 11.1 Å². The molecule has 2 aromatic carbocycles. The van der Waals surface area contributed by atoms with Gasteiger partial charge in [-0.1, -0.05) is 78.6 Å². The standard InChI is InChI=1S/2C15H17.2ClH.Hf/c2*1-15(2,3)14-10-8-13(9-11-14)12-6-4-5-7-12;;;/h2*4,6,8-11H,5H2,1-3H3;2*1H;/q2*-1;;;+4/p-2. The molecular weight excluding hydrogens is 610 g/mol. The van der Waals surface area contributed by atoms with Crippen LogP contribution in [0.5, 0.6) is 0 Å². The molecule has 0 aromatic heterocycles. The average Bonchev–Trinajstić information content (AvgIpc) is 3.42. The van der Waals surface area contributed by atoms with Crippen LogP contribution in [0.2, 0.25) is 0 Å². The van der Waals surface area contributed by atoms with E-state index in [4.69, 9.17) is 0 Å². The van der Waals surface area contributed by atoms with Crippen LogP contribution in [0.1, 0.15) is 76.6 Å². The molecule has 0 aliphatic heterocycles. The van der Waals surface area contributed by atoms with Crippen molar-refractivity contribution in [2.75, 3.05) is 0 Å². The summed E-state index contributed by atoms with van der Waals surface area (Å²) < 4.78 is 0. The summed E-state index contributed by atoms with van der Waals surface area (Å²) in [5.41, 5.74) is 8.26. The van der Waals surface area contributed by atoms with Gasteiger partial charge >= 0.3 is 25.8 Å². The van der Waals surface area contributed by atoms with E-state index in [2.05, 4.69) is 127 Å². The van der Waals surface area contributed by atoms with Crippen LogP contribution in [0.15, 0.2) is 72.8 Å². The fourth-order valence-corrected chi connectivity index (χ4v) is 3.51. The average molecular weight is 644 g/mol. The summed E-state index contributed by atoms with van der Waals surface area (Å²) in [6, 6.07) is 17.6. The van der Waals surface area contributed by atoms with Crippen molar-refractivity contribution in [2.24, 2.45) is 0 Å². The number of rotatable bonds is 2. The fraction of sp³-hybridized carbons (Fsp3) is 0.333. The predicted molar refractivity (Wildman–Crippen MR) is 131 cm³/mol. The molecule has 4 rings (SSSR count). The first-order valence-corrected chi connectivity index (χ1v) is 10.9. The minimum atomic E-state index is 0. The molecule has 0 amide bonds. The summed E-state index contributed by atoms with van der Waals surface area (Å²) in [4.78, 5) is 0. The monoisotopic (exact) mass is 644 g/mol. The van der Waals surface area contributed by atoms with E-state index in [1.807, 2.05) is 0 Å². The van der Waals surface area contributed by atoms with E-state index in [0.717, 1.165) is 12.8 Å². The van der Waals surface area contributed by atoms with Gasteiger partial charge in [0.15, 0.2) is 0 Å². The van der Waals surface area contributed by atoms with Gasteiger partial charge in [0.2, 0.25) is 0 Å². The van der Waals surface area contributed by atoms with Crippen LogP contribution in [0.4, 0.5) is 0 Å². The number of benzene rings is 2. The Morgan fingerprint density at radius 3 is 1.06 bits per heavy atom. The first-order chi connectivity index (χ1) is 14.1. The molecule has 33 heavy (non-hydrogen) atoms. The maximum absolute atomic E-state index is 3.34. The van der Waals surface area contributed by atoms with Crippen LogP contribution >= 0.6 is 0 Å². The third kappa shape index (κ3) is 9.19. The molecule has 0 saturated carbocycles. The molecule has 0 unspecified atom stereocenters. The largest absolute Gasteiger partial charge is 4.00 e. The SMILES string of the molecule is CC(C)(C)c1ccc(C2=[C-]CC=C2)cc1.CC(C)(C)c1ccc(C2=[C-]CC=C2)cc1.[Cl-].[Cl-].[Hf+4]. The first-order valence-electron chi connectivity index (χ1n) is 10.9. The van der Waals surface area contributed by atoms with Crippen LogP contribution in [-0.4, -0.2) is 0 Å².